The highest BCUT2D eigenvalue weighted by Gasteiger charge is 2.25. The molecule has 5 nitrogen and oxygen atoms in total. The molecule has 1 saturated heterocycles. The number of rotatable bonds is 2. The molecule has 0 radical (unpaired) electrons. The number of piperidine rings is 1. The Morgan fingerprint density at radius 3 is 2.71 bits per heavy atom. The van der Waals surface area contributed by atoms with Gasteiger partial charge in [-0.15, -0.1) is 5.10 Å². The van der Waals surface area contributed by atoms with Crippen LogP contribution in [0.2, 0.25) is 5.02 Å². The Bertz CT molecular complexity index is 633. The van der Waals surface area contributed by atoms with Gasteiger partial charge in [-0.25, -0.2) is 4.68 Å². The van der Waals surface area contributed by atoms with Gasteiger partial charge in [0.1, 0.15) is 0 Å². The first-order chi connectivity index (χ1) is 10.1. The fourth-order valence-electron chi connectivity index (χ4n) is 2.78. The molecular formula is C15H17ClN4O. The molecule has 1 aromatic heterocycles. The Morgan fingerprint density at radius 2 is 2.10 bits per heavy atom. The van der Waals surface area contributed by atoms with Crippen molar-refractivity contribution in [1.82, 2.24) is 19.9 Å². The minimum atomic E-state index is 0.0845. The Morgan fingerprint density at radius 1 is 1.33 bits per heavy atom. The SMILES string of the molecule is Cc1cc(Cl)ccc1C(=O)N1CCC(n2ccnn2)CC1. The van der Waals surface area contributed by atoms with Crippen molar-refractivity contribution in [2.45, 2.75) is 25.8 Å². The molecule has 1 aliphatic rings. The Labute approximate surface area is 128 Å². The summed E-state index contributed by atoms with van der Waals surface area (Å²) in [7, 11) is 0. The third-order valence-electron chi connectivity index (χ3n) is 3.99. The molecule has 2 aromatic rings. The molecular weight excluding hydrogens is 288 g/mol. The molecule has 21 heavy (non-hydrogen) atoms. The number of aryl methyl sites for hydroxylation is 1. The minimum Gasteiger partial charge on any atom is -0.338 e. The number of likely N-dealkylation sites (tertiary alicyclic amines) is 1. The molecule has 3 rings (SSSR count). The largest absolute Gasteiger partial charge is 0.338 e. The number of hydrogen-bond acceptors (Lipinski definition) is 3. The van der Waals surface area contributed by atoms with Gasteiger partial charge in [-0.2, -0.15) is 0 Å². The number of carbonyl (C=O) groups is 1. The zero-order chi connectivity index (χ0) is 14.8. The number of benzene rings is 1. The first-order valence-corrected chi connectivity index (χ1v) is 7.44. The molecule has 1 amide bonds. The van der Waals surface area contributed by atoms with Gasteiger partial charge >= 0.3 is 0 Å². The number of carbonyl (C=O) groups excluding carboxylic acids is 1. The zero-order valence-electron chi connectivity index (χ0n) is 11.9. The van der Waals surface area contributed by atoms with E-state index in [4.69, 9.17) is 11.6 Å². The van der Waals surface area contributed by atoms with E-state index in [0.29, 0.717) is 11.1 Å². The third-order valence-corrected chi connectivity index (χ3v) is 4.22. The normalized spacial score (nSPS) is 16.2. The summed E-state index contributed by atoms with van der Waals surface area (Å²) in [5, 5.41) is 8.54. The molecule has 1 aromatic carbocycles. The van der Waals surface area contributed by atoms with Gasteiger partial charge in [0.05, 0.1) is 12.2 Å². The number of nitrogens with zero attached hydrogens (tertiary/aromatic N) is 4. The molecule has 2 heterocycles. The molecule has 0 spiro atoms. The molecule has 0 aliphatic carbocycles. The highest BCUT2D eigenvalue weighted by atomic mass is 35.5. The van der Waals surface area contributed by atoms with E-state index in [1.165, 1.54) is 0 Å². The van der Waals surface area contributed by atoms with Crippen molar-refractivity contribution in [3.8, 4) is 0 Å². The van der Waals surface area contributed by atoms with Crippen LogP contribution < -0.4 is 0 Å². The molecule has 0 atom stereocenters. The van der Waals surface area contributed by atoms with Gasteiger partial charge in [-0.1, -0.05) is 16.8 Å². The molecule has 110 valence electrons. The van der Waals surface area contributed by atoms with Gasteiger partial charge in [0.25, 0.3) is 5.91 Å². The fourth-order valence-corrected chi connectivity index (χ4v) is 3.01. The first-order valence-electron chi connectivity index (χ1n) is 7.06. The van der Waals surface area contributed by atoms with Gasteiger partial charge in [0.15, 0.2) is 0 Å². The summed E-state index contributed by atoms with van der Waals surface area (Å²) in [6.07, 6.45) is 5.38. The van der Waals surface area contributed by atoms with Gasteiger partial charge in [0, 0.05) is 29.9 Å². The average Bonchev–Trinajstić information content (AvgIpc) is 3.01. The highest BCUT2D eigenvalue weighted by molar-refractivity contribution is 6.30. The van der Waals surface area contributed by atoms with E-state index in [0.717, 1.165) is 37.1 Å². The summed E-state index contributed by atoms with van der Waals surface area (Å²) < 4.78 is 1.88. The Balaban J connectivity index is 1.67. The topological polar surface area (TPSA) is 51.0 Å². The summed E-state index contributed by atoms with van der Waals surface area (Å²) in [4.78, 5) is 14.5. The van der Waals surface area contributed by atoms with Crippen LogP contribution in [0.5, 0.6) is 0 Å². The summed E-state index contributed by atoms with van der Waals surface area (Å²) in [5.74, 6) is 0.0845. The first kappa shape index (κ1) is 14.1. The van der Waals surface area contributed by atoms with E-state index in [-0.39, 0.29) is 5.91 Å². The molecule has 0 saturated carbocycles. The summed E-state index contributed by atoms with van der Waals surface area (Å²) >= 11 is 5.94. The van der Waals surface area contributed by atoms with Crippen LogP contribution in [0.4, 0.5) is 0 Å². The van der Waals surface area contributed by atoms with E-state index in [1.807, 2.05) is 34.8 Å². The van der Waals surface area contributed by atoms with Crippen LogP contribution >= 0.6 is 11.6 Å². The lowest BCUT2D eigenvalue weighted by Crippen LogP contribution is -2.39. The zero-order valence-corrected chi connectivity index (χ0v) is 12.6. The van der Waals surface area contributed by atoms with E-state index >= 15 is 0 Å². The predicted molar refractivity (Wildman–Crippen MR) is 80.4 cm³/mol. The van der Waals surface area contributed by atoms with Crippen molar-refractivity contribution >= 4 is 17.5 Å². The van der Waals surface area contributed by atoms with Crippen molar-refractivity contribution in [1.29, 1.82) is 0 Å². The lowest BCUT2D eigenvalue weighted by Gasteiger charge is -2.32. The Hall–Kier alpha value is -1.88. The van der Waals surface area contributed by atoms with E-state index in [2.05, 4.69) is 10.3 Å². The minimum absolute atomic E-state index is 0.0845. The lowest BCUT2D eigenvalue weighted by molar-refractivity contribution is 0.0688. The van der Waals surface area contributed by atoms with E-state index in [9.17, 15) is 4.79 Å². The molecule has 1 aliphatic heterocycles. The van der Waals surface area contributed by atoms with E-state index in [1.54, 1.807) is 12.3 Å². The third kappa shape index (κ3) is 2.93. The van der Waals surface area contributed by atoms with Crippen LogP contribution in [0.1, 0.15) is 34.8 Å². The molecule has 0 unspecified atom stereocenters. The van der Waals surface area contributed by atoms with Gasteiger partial charge in [-0.05, 0) is 43.5 Å². The fraction of sp³-hybridized carbons (Fsp3) is 0.400. The second-order valence-corrected chi connectivity index (χ2v) is 5.80. The smallest absolute Gasteiger partial charge is 0.254 e. The molecule has 0 bridgehead atoms. The van der Waals surface area contributed by atoms with Gasteiger partial charge in [0.2, 0.25) is 0 Å². The van der Waals surface area contributed by atoms with Crippen molar-refractivity contribution in [2.24, 2.45) is 0 Å². The molecule has 1 fully saturated rings. The van der Waals surface area contributed by atoms with Crippen LogP contribution in [0.15, 0.2) is 30.6 Å². The maximum Gasteiger partial charge on any atom is 0.254 e. The number of halogens is 1. The van der Waals surface area contributed by atoms with Crippen LogP contribution in [0.3, 0.4) is 0 Å². The summed E-state index contributed by atoms with van der Waals surface area (Å²) in [6.45, 7) is 3.40. The maximum absolute atomic E-state index is 12.6. The van der Waals surface area contributed by atoms with Crippen molar-refractivity contribution < 1.29 is 4.79 Å². The predicted octanol–water partition coefficient (Wildman–Crippen LogP) is 2.72. The standard InChI is InChI=1S/C15H17ClN4O/c1-11-10-12(16)2-3-14(11)15(21)19-7-4-13(5-8-19)20-9-6-17-18-20/h2-3,6,9-10,13H,4-5,7-8H2,1H3. The highest BCUT2D eigenvalue weighted by Crippen LogP contribution is 2.24. The second kappa shape index (κ2) is 5.85. The van der Waals surface area contributed by atoms with Crippen molar-refractivity contribution in [3.63, 3.8) is 0 Å². The molecule has 0 N–H and O–H groups in total. The lowest BCUT2D eigenvalue weighted by atomic mass is 10.0. The number of aromatic nitrogens is 3. The second-order valence-electron chi connectivity index (χ2n) is 5.37. The summed E-state index contributed by atoms with van der Waals surface area (Å²) in [5.41, 5.74) is 1.66. The van der Waals surface area contributed by atoms with Crippen molar-refractivity contribution in [3.05, 3.63) is 46.7 Å². The maximum atomic E-state index is 12.6. The Kier molecular flexibility index (Phi) is 3.92. The van der Waals surface area contributed by atoms with Gasteiger partial charge < -0.3 is 4.90 Å². The van der Waals surface area contributed by atoms with E-state index < -0.39 is 0 Å². The monoisotopic (exact) mass is 304 g/mol. The number of amides is 1. The number of hydrogen-bond donors (Lipinski definition) is 0. The van der Waals surface area contributed by atoms with Crippen LogP contribution in [0, 0.1) is 6.92 Å². The molecule has 6 heteroatoms. The van der Waals surface area contributed by atoms with Crippen LogP contribution in [-0.4, -0.2) is 38.9 Å². The van der Waals surface area contributed by atoms with Crippen LogP contribution in [0.25, 0.3) is 0 Å². The summed E-state index contributed by atoms with van der Waals surface area (Å²) in [6, 6.07) is 5.74. The van der Waals surface area contributed by atoms with Crippen LogP contribution in [-0.2, 0) is 0 Å². The van der Waals surface area contributed by atoms with Gasteiger partial charge in [-0.3, -0.25) is 4.79 Å². The quantitative estimate of drug-likeness (QED) is 0.857. The average molecular weight is 305 g/mol. The van der Waals surface area contributed by atoms with Crippen molar-refractivity contribution in [2.75, 3.05) is 13.1 Å².